The highest BCUT2D eigenvalue weighted by atomic mass is 35.5. The first kappa shape index (κ1) is 17.7. The van der Waals surface area contributed by atoms with E-state index in [0.29, 0.717) is 49.3 Å². The molecule has 2 amide bonds. The normalized spacial score (nSPS) is 14.5. The fourth-order valence-corrected chi connectivity index (χ4v) is 3.14. The number of aromatic amines is 1. The summed E-state index contributed by atoms with van der Waals surface area (Å²) < 4.78 is 15.8. The van der Waals surface area contributed by atoms with E-state index in [4.69, 9.17) is 25.6 Å². The highest BCUT2D eigenvalue weighted by molar-refractivity contribution is 6.32. The molecule has 9 heteroatoms. The molecule has 0 unspecified atom stereocenters. The van der Waals surface area contributed by atoms with E-state index in [1.54, 1.807) is 11.0 Å². The summed E-state index contributed by atoms with van der Waals surface area (Å²) in [7, 11) is 0. The van der Waals surface area contributed by atoms with Crippen LogP contribution in [0.5, 0.6) is 5.75 Å². The number of halogens is 1. The van der Waals surface area contributed by atoms with E-state index in [0.717, 1.165) is 16.6 Å². The van der Waals surface area contributed by atoms with Crippen molar-refractivity contribution in [2.24, 2.45) is 0 Å². The van der Waals surface area contributed by atoms with E-state index in [-0.39, 0.29) is 12.6 Å². The minimum atomic E-state index is -0.0911. The van der Waals surface area contributed by atoms with Crippen molar-refractivity contribution in [1.29, 1.82) is 0 Å². The van der Waals surface area contributed by atoms with Crippen molar-refractivity contribution in [2.45, 2.75) is 13.2 Å². The molecular weight excluding hydrogens is 372 g/mol. The van der Waals surface area contributed by atoms with Crippen LogP contribution in [-0.2, 0) is 17.9 Å². The Balaban J connectivity index is 1.41. The number of nitrogens with zero attached hydrogens (tertiary/aromatic N) is 2. The number of aromatic nitrogens is 2. The maximum absolute atomic E-state index is 12.2. The second kappa shape index (κ2) is 7.89. The number of nitrogens with one attached hydrogen (secondary N) is 2. The number of rotatable bonds is 5. The van der Waals surface area contributed by atoms with Gasteiger partial charge in [0.05, 0.1) is 24.8 Å². The molecule has 0 bridgehead atoms. The van der Waals surface area contributed by atoms with Gasteiger partial charge in [0.25, 0.3) is 0 Å². The van der Waals surface area contributed by atoms with Crippen LogP contribution >= 0.6 is 11.6 Å². The Morgan fingerprint density at radius 2 is 2.19 bits per heavy atom. The maximum atomic E-state index is 12.2. The lowest BCUT2D eigenvalue weighted by molar-refractivity contribution is 0.0531. The zero-order valence-electron chi connectivity index (χ0n) is 14.5. The van der Waals surface area contributed by atoms with Crippen molar-refractivity contribution in [3.05, 3.63) is 46.9 Å². The summed E-state index contributed by atoms with van der Waals surface area (Å²) in [5.74, 6) is 0.554. The van der Waals surface area contributed by atoms with Crippen molar-refractivity contribution in [2.75, 3.05) is 26.3 Å². The Labute approximate surface area is 160 Å². The Hall–Kier alpha value is -2.71. The molecule has 1 aliphatic heterocycles. The molecule has 1 aromatic carbocycles. The third-order valence-electron chi connectivity index (χ3n) is 4.32. The van der Waals surface area contributed by atoms with E-state index in [9.17, 15) is 4.79 Å². The minimum Gasteiger partial charge on any atom is -0.486 e. The lowest BCUT2D eigenvalue weighted by Crippen LogP contribution is -2.45. The molecular formula is C18H19ClN4O4. The monoisotopic (exact) mass is 390 g/mol. The number of hydrogen-bond donors (Lipinski definition) is 2. The molecule has 1 saturated heterocycles. The molecule has 0 saturated carbocycles. The molecule has 2 N–H and O–H groups in total. The molecule has 3 heterocycles. The van der Waals surface area contributed by atoms with Crippen LogP contribution < -0.4 is 10.1 Å². The van der Waals surface area contributed by atoms with Crippen LogP contribution in [0.3, 0.4) is 0 Å². The van der Waals surface area contributed by atoms with Gasteiger partial charge in [-0.25, -0.2) is 4.79 Å². The third kappa shape index (κ3) is 4.17. The molecule has 2 aromatic heterocycles. The zero-order valence-corrected chi connectivity index (χ0v) is 15.3. The summed E-state index contributed by atoms with van der Waals surface area (Å²) in [5.41, 5.74) is 2.45. The van der Waals surface area contributed by atoms with Gasteiger partial charge in [-0.05, 0) is 12.1 Å². The molecule has 0 radical (unpaired) electrons. The number of H-pyrrole nitrogens is 1. The Morgan fingerprint density at radius 3 is 2.96 bits per heavy atom. The number of carbonyl (C=O) groups excluding carboxylic acids is 1. The quantitative estimate of drug-likeness (QED) is 0.698. The Bertz CT molecular complexity index is 919. The summed E-state index contributed by atoms with van der Waals surface area (Å²) in [6, 6.07) is 7.27. The fourth-order valence-electron chi connectivity index (χ4n) is 2.91. The lowest BCUT2D eigenvalue weighted by atomic mass is 10.2. The average Bonchev–Trinajstić information content (AvgIpc) is 3.34. The second-order valence-corrected chi connectivity index (χ2v) is 6.61. The predicted molar refractivity (Wildman–Crippen MR) is 98.8 cm³/mol. The molecule has 27 heavy (non-hydrogen) atoms. The number of fused-ring (bicyclic) bond motifs is 1. The Morgan fingerprint density at radius 1 is 1.33 bits per heavy atom. The molecule has 1 aliphatic rings. The van der Waals surface area contributed by atoms with Gasteiger partial charge in [-0.15, -0.1) is 0 Å². The van der Waals surface area contributed by atoms with Crippen LogP contribution in [0.2, 0.25) is 5.02 Å². The van der Waals surface area contributed by atoms with Crippen molar-refractivity contribution >= 4 is 28.5 Å². The van der Waals surface area contributed by atoms with Gasteiger partial charge >= 0.3 is 6.03 Å². The molecule has 1 fully saturated rings. The van der Waals surface area contributed by atoms with E-state index < -0.39 is 0 Å². The molecule has 3 aromatic rings. The number of hydrogen-bond acceptors (Lipinski definition) is 5. The first-order chi connectivity index (χ1) is 13.2. The number of urea groups is 1. The summed E-state index contributed by atoms with van der Waals surface area (Å²) >= 11 is 6.31. The van der Waals surface area contributed by atoms with E-state index >= 15 is 0 Å². The number of benzene rings is 1. The maximum Gasteiger partial charge on any atom is 0.317 e. The highest BCUT2D eigenvalue weighted by Gasteiger charge is 2.16. The lowest BCUT2D eigenvalue weighted by Gasteiger charge is -2.26. The van der Waals surface area contributed by atoms with Gasteiger partial charge in [0.1, 0.15) is 24.3 Å². The largest absolute Gasteiger partial charge is 0.486 e. The first-order valence-electron chi connectivity index (χ1n) is 8.63. The number of ether oxygens (including phenoxy) is 2. The van der Waals surface area contributed by atoms with Gasteiger partial charge in [-0.1, -0.05) is 16.8 Å². The number of morpholine rings is 1. The fraction of sp³-hybridized carbons (Fsp3) is 0.333. The van der Waals surface area contributed by atoms with Crippen LogP contribution in [0.1, 0.15) is 11.4 Å². The van der Waals surface area contributed by atoms with Gasteiger partial charge in [0, 0.05) is 41.8 Å². The van der Waals surface area contributed by atoms with Crippen molar-refractivity contribution in [1.82, 2.24) is 20.4 Å². The first-order valence-corrected chi connectivity index (χ1v) is 9.00. The van der Waals surface area contributed by atoms with E-state index in [1.807, 2.05) is 18.2 Å². The smallest absolute Gasteiger partial charge is 0.317 e. The average molecular weight is 391 g/mol. The molecule has 0 spiro atoms. The van der Waals surface area contributed by atoms with Crippen LogP contribution in [0.4, 0.5) is 4.79 Å². The van der Waals surface area contributed by atoms with Gasteiger partial charge in [-0.3, -0.25) is 0 Å². The van der Waals surface area contributed by atoms with Crippen LogP contribution in [0.25, 0.3) is 10.9 Å². The van der Waals surface area contributed by atoms with Crippen molar-refractivity contribution in [3.63, 3.8) is 0 Å². The van der Waals surface area contributed by atoms with Crippen molar-refractivity contribution in [3.8, 4) is 5.75 Å². The minimum absolute atomic E-state index is 0.0911. The third-order valence-corrected chi connectivity index (χ3v) is 4.62. The summed E-state index contributed by atoms with van der Waals surface area (Å²) in [4.78, 5) is 17.2. The molecule has 0 aliphatic carbocycles. The standard InChI is InChI=1S/C18H19ClN4O4/c19-15-8-12-7-14(10-20-18(24)23-2-5-25-6-3-23)21-16(12)9-17(15)26-11-13-1-4-27-22-13/h1,4,7-9,21H,2-3,5-6,10-11H2,(H,20,24). The second-order valence-electron chi connectivity index (χ2n) is 6.20. The van der Waals surface area contributed by atoms with Crippen LogP contribution in [0.15, 0.2) is 35.1 Å². The topological polar surface area (TPSA) is 92.6 Å². The molecule has 4 rings (SSSR count). The molecule has 142 valence electrons. The summed E-state index contributed by atoms with van der Waals surface area (Å²) in [5, 5.41) is 8.18. The van der Waals surface area contributed by atoms with Gasteiger partial charge < -0.3 is 29.2 Å². The summed E-state index contributed by atoms with van der Waals surface area (Å²) in [6.45, 7) is 3.05. The number of amides is 2. The van der Waals surface area contributed by atoms with Gasteiger partial charge in [0.2, 0.25) is 0 Å². The van der Waals surface area contributed by atoms with Crippen LogP contribution in [-0.4, -0.2) is 47.4 Å². The summed E-state index contributed by atoms with van der Waals surface area (Å²) in [6.07, 6.45) is 1.49. The zero-order chi connectivity index (χ0) is 18.6. The van der Waals surface area contributed by atoms with Gasteiger partial charge in [0.15, 0.2) is 0 Å². The molecule has 8 nitrogen and oxygen atoms in total. The van der Waals surface area contributed by atoms with Gasteiger partial charge in [-0.2, -0.15) is 0 Å². The van der Waals surface area contributed by atoms with Crippen LogP contribution in [0, 0.1) is 0 Å². The predicted octanol–water partition coefficient (Wildman–Crippen LogP) is 2.93. The SMILES string of the molecule is O=C(NCc1cc2cc(Cl)c(OCc3ccon3)cc2[nH]1)N1CCOCC1. The number of carbonyl (C=O) groups is 1. The van der Waals surface area contributed by atoms with E-state index in [2.05, 4.69) is 15.5 Å². The van der Waals surface area contributed by atoms with E-state index in [1.165, 1.54) is 6.26 Å². The molecule has 0 atom stereocenters. The highest BCUT2D eigenvalue weighted by Crippen LogP contribution is 2.31. The Kier molecular flexibility index (Phi) is 5.17. The van der Waals surface area contributed by atoms with Crippen molar-refractivity contribution < 1.29 is 18.8 Å².